The Morgan fingerprint density at radius 3 is 2.88 bits per heavy atom. The molecular weight excluding hydrogens is 236 g/mol. The number of rotatable bonds is 5. The SMILES string of the molecule is Cc1cc(C)n2nc(SCCCCO)nc2n1. The van der Waals surface area contributed by atoms with Gasteiger partial charge in [-0.25, -0.2) is 9.50 Å². The van der Waals surface area contributed by atoms with E-state index in [1.807, 2.05) is 19.9 Å². The molecule has 2 heterocycles. The fourth-order valence-corrected chi connectivity index (χ4v) is 2.40. The first-order chi connectivity index (χ1) is 8.20. The van der Waals surface area contributed by atoms with Gasteiger partial charge >= 0.3 is 0 Å². The van der Waals surface area contributed by atoms with E-state index in [9.17, 15) is 0 Å². The molecule has 0 saturated carbocycles. The van der Waals surface area contributed by atoms with Gasteiger partial charge in [0.2, 0.25) is 5.16 Å². The number of hydrogen-bond acceptors (Lipinski definition) is 5. The average Bonchev–Trinajstić information content (AvgIpc) is 2.67. The van der Waals surface area contributed by atoms with Gasteiger partial charge in [-0.3, -0.25) is 0 Å². The highest BCUT2D eigenvalue weighted by atomic mass is 32.2. The van der Waals surface area contributed by atoms with E-state index in [-0.39, 0.29) is 6.61 Å². The minimum atomic E-state index is 0.249. The van der Waals surface area contributed by atoms with Crippen LogP contribution in [0, 0.1) is 13.8 Å². The second kappa shape index (κ2) is 5.46. The topological polar surface area (TPSA) is 63.3 Å². The molecule has 2 aromatic heterocycles. The number of hydrogen-bond donors (Lipinski definition) is 1. The summed E-state index contributed by atoms with van der Waals surface area (Å²) in [4.78, 5) is 8.71. The molecular formula is C11H16N4OS. The summed E-state index contributed by atoms with van der Waals surface area (Å²) in [5, 5.41) is 13.8. The van der Waals surface area contributed by atoms with Crippen molar-refractivity contribution >= 4 is 17.5 Å². The first-order valence-corrected chi connectivity index (χ1v) is 6.64. The van der Waals surface area contributed by atoms with Gasteiger partial charge in [0.25, 0.3) is 5.78 Å². The Hall–Kier alpha value is -1.14. The summed E-state index contributed by atoms with van der Waals surface area (Å²) in [5.74, 6) is 1.59. The number of aliphatic hydroxyl groups is 1. The summed E-state index contributed by atoms with van der Waals surface area (Å²) in [6, 6.07) is 1.99. The molecule has 0 amide bonds. The van der Waals surface area contributed by atoms with Crippen molar-refractivity contribution in [3.63, 3.8) is 0 Å². The third-order valence-corrected chi connectivity index (χ3v) is 3.31. The second-order valence-electron chi connectivity index (χ2n) is 3.92. The molecule has 0 aliphatic rings. The first kappa shape index (κ1) is 12.3. The van der Waals surface area contributed by atoms with Gasteiger partial charge < -0.3 is 5.11 Å². The highest BCUT2D eigenvalue weighted by Gasteiger charge is 2.07. The van der Waals surface area contributed by atoms with Crippen LogP contribution in [0.4, 0.5) is 0 Å². The van der Waals surface area contributed by atoms with Crippen molar-refractivity contribution in [2.45, 2.75) is 31.8 Å². The van der Waals surface area contributed by atoms with E-state index in [4.69, 9.17) is 5.11 Å². The molecule has 1 N–H and O–H groups in total. The lowest BCUT2D eigenvalue weighted by Crippen LogP contribution is -1.97. The van der Waals surface area contributed by atoms with Crippen LogP contribution in [0.5, 0.6) is 0 Å². The maximum Gasteiger partial charge on any atom is 0.253 e. The summed E-state index contributed by atoms with van der Waals surface area (Å²) in [5.41, 5.74) is 2.00. The van der Waals surface area contributed by atoms with Gasteiger partial charge in [0, 0.05) is 23.7 Å². The van der Waals surface area contributed by atoms with Crippen LogP contribution in [-0.4, -0.2) is 37.0 Å². The fourth-order valence-electron chi connectivity index (χ4n) is 1.59. The Labute approximate surface area is 104 Å². The normalized spacial score (nSPS) is 11.2. The van der Waals surface area contributed by atoms with Crippen LogP contribution < -0.4 is 0 Å². The summed E-state index contributed by atoms with van der Waals surface area (Å²) in [6.07, 6.45) is 1.80. The van der Waals surface area contributed by atoms with Gasteiger partial charge in [0.1, 0.15) is 0 Å². The van der Waals surface area contributed by atoms with Crippen molar-refractivity contribution in [1.29, 1.82) is 0 Å². The standard InChI is InChI=1S/C11H16N4OS/c1-8-7-9(2)15-10(12-8)13-11(14-15)17-6-4-3-5-16/h7,16H,3-6H2,1-2H3. The van der Waals surface area contributed by atoms with E-state index in [1.165, 1.54) is 0 Å². The van der Waals surface area contributed by atoms with Gasteiger partial charge in [-0.1, -0.05) is 11.8 Å². The molecule has 0 aliphatic heterocycles. The number of unbranched alkanes of at least 4 members (excludes halogenated alkanes) is 1. The lowest BCUT2D eigenvalue weighted by molar-refractivity contribution is 0.287. The molecule has 0 aromatic carbocycles. The first-order valence-electron chi connectivity index (χ1n) is 5.65. The summed E-state index contributed by atoms with van der Waals surface area (Å²) >= 11 is 1.61. The Morgan fingerprint density at radius 1 is 1.29 bits per heavy atom. The van der Waals surface area contributed by atoms with Crippen LogP contribution >= 0.6 is 11.8 Å². The summed E-state index contributed by atoms with van der Waals surface area (Å²) < 4.78 is 1.77. The number of aromatic nitrogens is 4. The van der Waals surface area contributed by atoms with Crippen molar-refractivity contribution in [1.82, 2.24) is 19.6 Å². The van der Waals surface area contributed by atoms with E-state index in [1.54, 1.807) is 16.3 Å². The van der Waals surface area contributed by atoms with Crippen molar-refractivity contribution in [3.8, 4) is 0 Å². The molecule has 2 rings (SSSR count). The van der Waals surface area contributed by atoms with Crippen molar-refractivity contribution in [2.75, 3.05) is 12.4 Å². The minimum absolute atomic E-state index is 0.249. The van der Waals surface area contributed by atoms with E-state index in [0.717, 1.165) is 35.1 Å². The van der Waals surface area contributed by atoms with Gasteiger partial charge in [-0.2, -0.15) is 4.98 Å². The monoisotopic (exact) mass is 252 g/mol. The molecule has 0 spiro atoms. The summed E-state index contributed by atoms with van der Waals surface area (Å²) in [6.45, 7) is 4.20. The van der Waals surface area contributed by atoms with Gasteiger partial charge in [0.05, 0.1) is 0 Å². The second-order valence-corrected chi connectivity index (χ2v) is 4.99. The van der Waals surface area contributed by atoms with Crippen LogP contribution in [0.15, 0.2) is 11.2 Å². The third kappa shape index (κ3) is 2.95. The van der Waals surface area contributed by atoms with Gasteiger partial charge in [0.15, 0.2) is 0 Å². The molecule has 17 heavy (non-hydrogen) atoms. The fraction of sp³-hybridized carbons (Fsp3) is 0.545. The lowest BCUT2D eigenvalue weighted by atomic mass is 10.4. The van der Waals surface area contributed by atoms with Gasteiger partial charge in [-0.15, -0.1) is 5.10 Å². The van der Waals surface area contributed by atoms with Crippen LogP contribution in [0.25, 0.3) is 5.78 Å². The number of aliphatic hydroxyl groups excluding tert-OH is 1. The Balaban J connectivity index is 2.12. The zero-order valence-corrected chi connectivity index (χ0v) is 10.9. The molecule has 5 nitrogen and oxygen atoms in total. The molecule has 6 heteroatoms. The molecule has 0 unspecified atom stereocenters. The maximum absolute atomic E-state index is 8.69. The number of nitrogens with zero attached hydrogens (tertiary/aromatic N) is 4. The molecule has 0 atom stereocenters. The van der Waals surface area contributed by atoms with Crippen LogP contribution in [0.3, 0.4) is 0 Å². The Morgan fingerprint density at radius 2 is 2.12 bits per heavy atom. The zero-order valence-electron chi connectivity index (χ0n) is 10.1. The smallest absolute Gasteiger partial charge is 0.253 e. The largest absolute Gasteiger partial charge is 0.396 e. The van der Waals surface area contributed by atoms with Crippen LogP contribution in [0.2, 0.25) is 0 Å². The van der Waals surface area contributed by atoms with E-state index < -0.39 is 0 Å². The third-order valence-electron chi connectivity index (χ3n) is 2.38. The highest BCUT2D eigenvalue weighted by molar-refractivity contribution is 7.99. The number of thioether (sulfide) groups is 1. The molecule has 0 radical (unpaired) electrons. The predicted molar refractivity (Wildman–Crippen MR) is 67.3 cm³/mol. The highest BCUT2D eigenvalue weighted by Crippen LogP contribution is 2.16. The molecule has 2 aromatic rings. The predicted octanol–water partition coefficient (Wildman–Crippen LogP) is 1.61. The average molecular weight is 252 g/mol. The number of aryl methyl sites for hydroxylation is 2. The number of fused-ring (bicyclic) bond motifs is 1. The van der Waals surface area contributed by atoms with Crippen molar-refractivity contribution in [3.05, 3.63) is 17.5 Å². The van der Waals surface area contributed by atoms with Gasteiger partial charge in [-0.05, 0) is 32.8 Å². The Kier molecular flexibility index (Phi) is 3.96. The minimum Gasteiger partial charge on any atom is -0.396 e. The van der Waals surface area contributed by atoms with Crippen LogP contribution in [-0.2, 0) is 0 Å². The zero-order chi connectivity index (χ0) is 12.3. The summed E-state index contributed by atoms with van der Waals surface area (Å²) in [7, 11) is 0. The molecule has 0 aliphatic carbocycles. The van der Waals surface area contributed by atoms with Crippen molar-refractivity contribution < 1.29 is 5.11 Å². The van der Waals surface area contributed by atoms with E-state index >= 15 is 0 Å². The lowest BCUT2D eigenvalue weighted by Gasteiger charge is -1.97. The molecule has 0 bridgehead atoms. The molecule has 0 saturated heterocycles. The van der Waals surface area contributed by atoms with E-state index in [0.29, 0.717) is 5.78 Å². The Bertz CT molecular complexity index is 511. The van der Waals surface area contributed by atoms with Crippen molar-refractivity contribution in [2.24, 2.45) is 0 Å². The quantitative estimate of drug-likeness (QED) is 0.647. The van der Waals surface area contributed by atoms with E-state index in [2.05, 4.69) is 15.1 Å². The molecule has 0 fully saturated rings. The molecule has 92 valence electrons. The maximum atomic E-state index is 8.69. The van der Waals surface area contributed by atoms with Crippen LogP contribution in [0.1, 0.15) is 24.2 Å².